The summed E-state index contributed by atoms with van der Waals surface area (Å²) in [6.45, 7) is 7.76. The van der Waals surface area contributed by atoms with Crippen LogP contribution < -0.4 is 10.6 Å². The van der Waals surface area contributed by atoms with Crippen molar-refractivity contribution in [1.29, 1.82) is 0 Å². The third kappa shape index (κ3) is 6.12. The van der Waals surface area contributed by atoms with Gasteiger partial charge in [0.1, 0.15) is 0 Å². The molecule has 21 heavy (non-hydrogen) atoms. The van der Waals surface area contributed by atoms with Crippen LogP contribution in [0, 0.1) is 0 Å². The number of likely N-dealkylation sites (N-methyl/N-ethyl adjacent to an activating group) is 1. The number of carbonyl (C=O) groups excluding carboxylic acids is 2. The highest BCUT2D eigenvalue weighted by Crippen LogP contribution is 2.10. The first-order valence-electron chi connectivity index (χ1n) is 7.33. The maximum atomic E-state index is 11.7. The van der Waals surface area contributed by atoms with Gasteiger partial charge in [-0.3, -0.25) is 4.79 Å². The zero-order valence-corrected chi connectivity index (χ0v) is 13.8. The number of urea groups is 1. The van der Waals surface area contributed by atoms with E-state index in [0.29, 0.717) is 26.1 Å². The van der Waals surface area contributed by atoms with Crippen molar-refractivity contribution >= 4 is 23.3 Å². The van der Waals surface area contributed by atoms with E-state index in [1.807, 2.05) is 19.2 Å². The highest BCUT2D eigenvalue weighted by molar-refractivity contribution is 7.09. The molecule has 0 spiro atoms. The Labute approximate surface area is 129 Å². The molecule has 0 radical (unpaired) electrons. The van der Waals surface area contributed by atoms with Gasteiger partial charge in [0.05, 0.1) is 17.2 Å². The van der Waals surface area contributed by atoms with Crippen LogP contribution in [0.4, 0.5) is 4.79 Å². The van der Waals surface area contributed by atoms with E-state index < -0.39 is 0 Å². The molecule has 118 valence electrons. The molecule has 7 heteroatoms. The zero-order chi connectivity index (χ0) is 15.7. The van der Waals surface area contributed by atoms with Gasteiger partial charge in [0.15, 0.2) is 0 Å². The third-order valence-electron chi connectivity index (χ3n) is 3.08. The Morgan fingerprint density at radius 3 is 2.52 bits per heavy atom. The highest BCUT2D eigenvalue weighted by atomic mass is 32.1. The molecule has 6 nitrogen and oxygen atoms in total. The number of nitrogens with one attached hydrogen (secondary N) is 2. The number of rotatable bonds is 8. The number of hydrogen-bond acceptors (Lipinski definition) is 4. The van der Waals surface area contributed by atoms with Crippen molar-refractivity contribution in [3.05, 3.63) is 16.1 Å². The molecule has 2 N–H and O–H groups in total. The smallest absolute Gasteiger partial charge is 0.315 e. The Balaban J connectivity index is 2.20. The summed E-state index contributed by atoms with van der Waals surface area (Å²) in [5.41, 5.74) is 0.997. The van der Waals surface area contributed by atoms with Gasteiger partial charge in [-0.15, -0.1) is 11.3 Å². The lowest BCUT2D eigenvalue weighted by atomic mass is 10.3. The molecule has 1 aromatic heterocycles. The molecule has 0 saturated carbocycles. The van der Waals surface area contributed by atoms with Crippen molar-refractivity contribution in [1.82, 2.24) is 20.5 Å². The fourth-order valence-corrected chi connectivity index (χ4v) is 2.62. The largest absolute Gasteiger partial charge is 0.342 e. The van der Waals surface area contributed by atoms with Gasteiger partial charge in [-0.05, 0) is 20.3 Å². The maximum absolute atomic E-state index is 11.7. The fraction of sp³-hybridized carbons (Fsp3) is 0.643. The van der Waals surface area contributed by atoms with Gasteiger partial charge in [-0.1, -0.05) is 6.92 Å². The molecule has 0 fully saturated rings. The molecule has 0 atom stereocenters. The van der Waals surface area contributed by atoms with Gasteiger partial charge < -0.3 is 15.5 Å². The van der Waals surface area contributed by atoms with Crippen molar-refractivity contribution in [2.45, 2.75) is 33.6 Å². The van der Waals surface area contributed by atoms with E-state index in [0.717, 1.165) is 17.1 Å². The van der Waals surface area contributed by atoms with Gasteiger partial charge in [-0.2, -0.15) is 0 Å². The lowest BCUT2D eigenvalue weighted by molar-refractivity contribution is -0.129. The quantitative estimate of drug-likeness (QED) is 0.762. The number of aromatic nitrogens is 1. The third-order valence-corrected chi connectivity index (χ3v) is 4.13. The number of amides is 3. The number of thiazole rings is 1. The zero-order valence-electron chi connectivity index (χ0n) is 12.9. The predicted octanol–water partition coefficient (Wildman–Crippen LogP) is 1.42. The predicted molar refractivity (Wildman–Crippen MR) is 84.5 cm³/mol. The Kier molecular flexibility index (Phi) is 7.74. The molecule has 0 aromatic carbocycles. The second-order valence-electron chi connectivity index (χ2n) is 4.51. The topological polar surface area (TPSA) is 74.3 Å². The summed E-state index contributed by atoms with van der Waals surface area (Å²) in [5, 5.41) is 8.43. The molecule has 1 rings (SSSR count). The van der Waals surface area contributed by atoms with E-state index >= 15 is 0 Å². The molecular formula is C14H24N4O2S. The standard InChI is InChI=1S/C14H24N4O2S/c1-4-12-17-11(10-21-12)7-8-15-14(20)16-9-13(19)18(5-2)6-3/h10H,4-9H2,1-3H3,(H2,15,16,20). The number of nitrogens with zero attached hydrogens (tertiary/aromatic N) is 2. The Hall–Kier alpha value is -1.63. The number of hydrogen-bond donors (Lipinski definition) is 2. The lowest BCUT2D eigenvalue weighted by Crippen LogP contribution is -2.44. The summed E-state index contributed by atoms with van der Waals surface area (Å²) in [4.78, 5) is 29.4. The van der Waals surface area contributed by atoms with E-state index in [2.05, 4.69) is 22.5 Å². The average Bonchev–Trinajstić information content (AvgIpc) is 2.94. The van der Waals surface area contributed by atoms with Crippen LogP contribution in [0.2, 0.25) is 0 Å². The average molecular weight is 312 g/mol. The van der Waals surface area contributed by atoms with Crippen LogP contribution in [0.5, 0.6) is 0 Å². The Morgan fingerprint density at radius 2 is 1.95 bits per heavy atom. The molecule has 0 unspecified atom stereocenters. The first-order chi connectivity index (χ1) is 10.1. The minimum absolute atomic E-state index is 0.0319. The summed E-state index contributed by atoms with van der Waals surface area (Å²) in [5.74, 6) is -0.0674. The van der Waals surface area contributed by atoms with Gasteiger partial charge >= 0.3 is 6.03 Å². The van der Waals surface area contributed by atoms with E-state index in [-0.39, 0.29) is 18.5 Å². The first kappa shape index (κ1) is 17.4. The van der Waals surface area contributed by atoms with Gasteiger partial charge in [0.25, 0.3) is 0 Å². The van der Waals surface area contributed by atoms with Crippen molar-refractivity contribution in [2.24, 2.45) is 0 Å². The number of carbonyl (C=O) groups is 2. The maximum Gasteiger partial charge on any atom is 0.315 e. The van der Waals surface area contributed by atoms with Crippen molar-refractivity contribution in [3.8, 4) is 0 Å². The van der Waals surface area contributed by atoms with Crippen molar-refractivity contribution in [3.63, 3.8) is 0 Å². The molecule has 0 bridgehead atoms. The fourth-order valence-electron chi connectivity index (χ4n) is 1.84. The minimum atomic E-state index is -0.318. The van der Waals surface area contributed by atoms with Crippen molar-refractivity contribution in [2.75, 3.05) is 26.2 Å². The molecule has 3 amide bonds. The van der Waals surface area contributed by atoms with Crippen LogP contribution in [-0.4, -0.2) is 48.0 Å². The van der Waals surface area contributed by atoms with Gasteiger partial charge in [-0.25, -0.2) is 9.78 Å². The monoisotopic (exact) mass is 312 g/mol. The van der Waals surface area contributed by atoms with Crippen LogP contribution >= 0.6 is 11.3 Å². The van der Waals surface area contributed by atoms with Gasteiger partial charge in [0, 0.05) is 31.4 Å². The van der Waals surface area contributed by atoms with Crippen LogP contribution in [-0.2, 0) is 17.6 Å². The van der Waals surface area contributed by atoms with Crippen LogP contribution in [0.25, 0.3) is 0 Å². The Bertz CT molecular complexity index is 458. The highest BCUT2D eigenvalue weighted by Gasteiger charge is 2.10. The summed E-state index contributed by atoms with van der Waals surface area (Å²) < 4.78 is 0. The summed E-state index contributed by atoms with van der Waals surface area (Å²) >= 11 is 1.64. The molecule has 0 aliphatic carbocycles. The van der Waals surface area contributed by atoms with Gasteiger partial charge in [0.2, 0.25) is 5.91 Å². The molecule has 0 aliphatic rings. The van der Waals surface area contributed by atoms with E-state index in [4.69, 9.17) is 0 Å². The van der Waals surface area contributed by atoms with Crippen LogP contribution in [0.15, 0.2) is 5.38 Å². The molecule has 1 heterocycles. The Morgan fingerprint density at radius 1 is 1.24 bits per heavy atom. The van der Waals surface area contributed by atoms with Crippen LogP contribution in [0.3, 0.4) is 0 Å². The number of aryl methyl sites for hydroxylation is 1. The normalized spacial score (nSPS) is 10.2. The second kappa shape index (κ2) is 9.33. The van der Waals surface area contributed by atoms with E-state index in [1.165, 1.54) is 0 Å². The molecule has 0 saturated heterocycles. The summed E-state index contributed by atoms with van der Waals surface area (Å²) in [6, 6.07) is -0.318. The molecular weight excluding hydrogens is 288 g/mol. The molecule has 0 aliphatic heterocycles. The summed E-state index contributed by atoms with van der Waals surface area (Å²) in [6.07, 6.45) is 1.64. The van der Waals surface area contributed by atoms with E-state index in [9.17, 15) is 9.59 Å². The molecule has 1 aromatic rings. The lowest BCUT2D eigenvalue weighted by Gasteiger charge is -2.18. The second-order valence-corrected chi connectivity index (χ2v) is 5.45. The van der Waals surface area contributed by atoms with E-state index in [1.54, 1.807) is 16.2 Å². The summed E-state index contributed by atoms with van der Waals surface area (Å²) in [7, 11) is 0. The van der Waals surface area contributed by atoms with Crippen molar-refractivity contribution < 1.29 is 9.59 Å². The first-order valence-corrected chi connectivity index (χ1v) is 8.21. The minimum Gasteiger partial charge on any atom is -0.342 e. The SMILES string of the molecule is CCc1nc(CCNC(=O)NCC(=O)N(CC)CC)cs1. The van der Waals surface area contributed by atoms with Crippen LogP contribution in [0.1, 0.15) is 31.5 Å².